The van der Waals surface area contributed by atoms with Crippen LogP contribution in [0.3, 0.4) is 0 Å². The molecule has 0 amide bonds. The molecule has 1 fully saturated rings. The van der Waals surface area contributed by atoms with Crippen LogP contribution in [0.2, 0.25) is 0 Å². The number of piperidine rings is 1. The molecular weight excluding hydrogens is 286 g/mol. The topological polar surface area (TPSA) is 59.4 Å². The fourth-order valence-corrected chi connectivity index (χ4v) is 3.40. The van der Waals surface area contributed by atoms with E-state index in [-0.39, 0.29) is 0 Å². The van der Waals surface area contributed by atoms with Gasteiger partial charge in [-0.25, -0.2) is 4.98 Å². The van der Waals surface area contributed by atoms with Crippen molar-refractivity contribution in [3.05, 3.63) is 30.1 Å². The minimum Gasteiger partial charge on any atom is -0.370 e. The largest absolute Gasteiger partial charge is 0.370 e. The average molecular weight is 313 g/mol. The van der Waals surface area contributed by atoms with E-state index < -0.39 is 0 Å². The molecule has 1 aliphatic heterocycles. The van der Waals surface area contributed by atoms with Gasteiger partial charge in [-0.15, -0.1) is 0 Å². The van der Waals surface area contributed by atoms with Crippen LogP contribution in [0.25, 0.3) is 11.0 Å². The Bertz CT molecular complexity index is 688. The minimum atomic E-state index is 0.712. The van der Waals surface area contributed by atoms with Crippen LogP contribution in [0.15, 0.2) is 29.3 Å². The number of aryl methyl sites for hydroxylation is 2. The number of hydrogen-bond donors (Lipinski definition) is 1. The lowest BCUT2D eigenvalue weighted by molar-refractivity contribution is 0.270. The summed E-state index contributed by atoms with van der Waals surface area (Å²) in [4.78, 5) is 11.4. The molecule has 0 aliphatic carbocycles. The number of hydrogen-bond acceptors (Lipinski definition) is 2. The quantitative estimate of drug-likeness (QED) is 0.536. The number of likely N-dealkylation sites (tertiary alicyclic amines) is 1. The van der Waals surface area contributed by atoms with E-state index in [4.69, 9.17) is 5.73 Å². The summed E-state index contributed by atoms with van der Waals surface area (Å²) < 4.78 is 2.27. The molecule has 2 heterocycles. The fraction of sp³-hybridized carbons (Fsp3) is 0.556. The van der Waals surface area contributed by atoms with Crippen LogP contribution in [-0.2, 0) is 6.54 Å². The lowest BCUT2D eigenvalue weighted by Gasteiger charge is -2.31. The van der Waals surface area contributed by atoms with Gasteiger partial charge in [0.2, 0.25) is 0 Å². The Morgan fingerprint density at radius 1 is 1.39 bits per heavy atom. The van der Waals surface area contributed by atoms with E-state index in [0.717, 1.165) is 49.9 Å². The predicted molar refractivity (Wildman–Crippen MR) is 95.5 cm³/mol. The zero-order chi connectivity index (χ0) is 16.2. The number of para-hydroxylation sites is 2. The van der Waals surface area contributed by atoms with Gasteiger partial charge in [0, 0.05) is 26.2 Å². The van der Waals surface area contributed by atoms with Gasteiger partial charge in [-0.2, -0.15) is 0 Å². The molecule has 1 aliphatic rings. The zero-order valence-corrected chi connectivity index (χ0v) is 14.2. The number of nitrogens with two attached hydrogens (primary N) is 1. The molecule has 5 nitrogen and oxygen atoms in total. The maximum absolute atomic E-state index is 6.15. The third kappa shape index (κ3) is 3.66. The number of nitrogens with zero attached hydrogens (tertiary/aromatic N) is 4. The number of rotatable bonds is 4. The summed E-state index contributed by atoms with van der Waals surface area (Å²) in [6.45, 7) is 8.13. The molecule has 0 saturated carbocycles. The van der Waals surface area contributed by atoms with Crippen LogP contribution in [0.1, 0.15) is 32.0 Å². The summed E-state index contributed by atoms with van der Waals surface area (Å²) in [5.74, 6) is 2.49. The summed E-state index contributed by atoms with van der Waals surface area (Å²) >= 11 is 0. The number of aromatic nitrogens is 2. The number of guanidine groups is 1. The summed E-state index contributed by atoms with van der Waals surface area (Å²) in [7, 11) is 0. The zero-order valence-electron chi connectivity index (χ0n) is 14.2. The monoisotopic (exact) mass is 313 g/mol. The molecule has 2 aromatic rings. The van der Waals surface area contributed by atoms with Gasteiger partial charge < -0.3 is 15.2 Å². The van der Waals surface area contributed by atoms with Gasteiger partial charge in [0.25, 0.3) is 0 Å². The second-order valence-electron chi connectivity index (χ2n) is 6.59. The lowest BCUT2D eigenvalue weighted by Crippen LogP contribution is -2.43. The normalized spacial score (nSPS) is 19.5. The van der Waals surface area contributed by atoms with Crippen molar-refractivity contribution in [2.45, 2.75) is 39.7 Å². The van der Waals surface area contributed by atoms with E-state index in [2.05, 4.69) is 51.5 Å². The Morgan fingerprint density at radius 2 is 2.22 bits per heavy atom. The fourth-order valence-electron chi connectivity index (χ4n) is 3.40. The first-order chi connectivity index (χ1) is 11.1. The van der Waals surface area contributed by atoms with Crippen LogP contribution < -0.4 is 5.73 Å². The molecule has 2 N–H and O–H groups in total. The molecule has 1 aromatic heterocycles. The highest BCUT2D eigenvalue weighted by Crippen LogP contribution is 2.16. The van der Waals surface area contributed by atoms with Gasteiger partial charge in [-0.3, -0.25) is 4.99 Å². The first-order valence-corrected chi connectivity index (χ1v) is 8.62. The van der Waals surface area contributed by atoms with Crippen molar-refractivity contribution in [1.29, 1.82) is 0 Å². The van der Waals surface area contributed by atoms with Gasteiger partial charge in [0.15, 0.2) is 5.96 Å². The highest BCUT2D eigenvalue weighted by Gasteiger charge is 2.17. The van der Waals surface area contributed by atoms with Crippen molar-refractivity contribution in [1.82, 2.24) is 14.5 Å². The van der Waals surface area contributed by atoms with E-state index in [1.165, 1.54) is 18.4 Å². The molecule has 23 heavy (non-hydrogen) atoms. The van der Waals surface area contributed by atoms with Crippen LogP contribution in [0, 0.1) is 12.8 Å². The standard InChI is InChI=1S/C18H27N5/c1-14-7-5-11-22(13-14)18(19)20-10-6-12-23-15(2)21-16-8-3-4-9-17(16)23/h3-4,8-9,14H,5-7,10-13H2,1-2H3,(H2,19,20). The number of aliphatic imine (C=N–C) groups is 1. The van der Waals surface area contributed by atoms with Gasteiger partial charge in [-0.05, 0) is 44.2 Å². The van der Waals surface area contributed by atoms with Crippen LogP contribution in [0.4, 0.5) is 0 Å². The molecule has 0 spiro atoms. The first kappa shape index (κ1) is 15.8. The lowest BCUT2D eigenvalue weighted by atomic mass is 10.0. The summed E-state index contributed by atoms with van der Waals surface area (Å²) in [6.07, 6.45) is 3.50. The molecule has 1 saturated heterocycles. The molecule has 1 aromatic carbocycles. The van der Waals surface area contributed by atoms with Crippen LogP contribution in [-0.4, -0.2) is 40.0 Å². The first-order valence-electron chi connectivity index (χ1n) is 8.62. The number of fused-ring (bicyclic) bond motifs is 1. The molecule has 0 bridgehead atoms. The Kier molecular flexibility index (Phi) is 4.84. The molecular formula is C18H27N5. The third-order valence-corrected chi connectivity index (χ3v) is 4.64. The molecule has 0 radical (unpaired) electrons. The Labute approximate surface area is 138 Å². The summed E-state index contributed by atoms with van der Waals surface area (Å²) in [5, 5.41) is 0. The number of imidazole rings is 1. The summed E-state index contributed by atoms with van der Waals surface area (Å²) in [6, 6.07) is 8.28. The van der Waals surface area contributed by atoms with Crippen molar-refractivity contribution in [2.24, 2.45) is 16.6 Å². The van der Waals surface area contributed by atoms with Crippen molar-refractivity contribution in [3.8, 4) is 0 Å². The van der Waals surface area contributed by atoms with Gasteiger partial charge in [-0.1, -0.05) is 19.1 Å². The van der Waals surface area contributed by atoms with E-state index >= 15 is 0 Å². The molecule has 1 unspecified atom stereocenters. The van der Waals surface area contributed by atoms with Crippen LogP contribution in [0.5, 0.6) is 0 Å². The van der Waals surface area contributed by atoms with E-state index in [0.29, 0.717) is 5.96 Å². The van der Waals surface area contributed by atoms with Crippen molar-refractivity contribution < 1.29 is 0 Å². The second kappa shape index (κ2) is 7.02. The van der Waals surface area contributed by atoms with E-state index in [9.17, 15) is 0 Å². The molecule has 124 valence electrons. The molecule has 1 atom stereocenters. The van der Waals surface area contributed by atoms with Gasteiger partial charge in [0.1, 0.15) is 5.82 Å². The molecule has 5 heteroatoms. The minimum absolute atomic E-state index is 0.712. The number of benzene rings is 1. The Morgan fingerprint density at radius 3 is 3.04 bits per heavy atom. The Hall–Kier alpha value is -2.04. The van der Waals surface area contributed by atoms with E-state index in [1.807, 2.05) is 6.07 Å². The highest BCUT2D eigenvalue weighted by atomic mass is 15.3. The van der Waals surface area contributed by atoms with Crippen molar-refractivity contribution in [2.75, 3.05) is 19.6 Å². The molecule has 3 rings (SSSR count). The van der Waals surface area contributed by atoms with Crippen molar-refractivity contribution in [3.63, 3.8) is 0 Å². The van der Waals surface area contributed by atoms with Gasteiger partial charge in [0.05, 0.1) is 11.0 Å². The maximum Gasteiger partial charge on any atom is 0.191 e. The summed E-state index contributed by atoms with van der Waals surface area (Å²) in [5.41, 5.74) is 8.41. The second-order valence-corrected chi connectivity index (χ2v) is 6.59. The maximum atomic E-state index is 6.15. The van der Waals surface area contributed by atoms with E-state index in [1.54, 1.807) is 0 Å². The highest BCUT2D eigenvalue weighted by molar-refractivity contribution is 5.78. The Balaban J connectivity index is 1.56. The van der Waals surface area contributed by atoms with Gasteiger partial charge >= 0.3 is 0 Å². The van der Waals surface area contributed by atoms with Crippen LogP contribution >= 0.6 is 0 Å². The average Bonchev–Trinajstić information content (AvgIpc) is 2.87. The van der Waals surface area contributed by atoms with Crippen molar-refractivity contribution >= 4 is 17.0 Å². The smallest absolute Gasteiger partial charge is 0.191 e. The predicted octanol–water partition coefficient (Wildman–Crippen LogP) is 2.78. The third-order valence-electron chi connectivity index (χ3n) is 4.64. The SMILES string of the molecule is Cc1nc2ccccc2n1CCCN=C(N)N1CCCC(C)C1.